The van der Waals surface area contributed by atoms with Gasteiger partial charge in [-0.25, -0.2) is 0 Å². The zero-order valence-corrected chi connectivity index (χ0v) is 41.8. The number of nitrogens with two attached hydrogens (primary N) is 1. The summed E-state index contributed by atoms with van der Waals surface area (Å²) in [6.07, 6.45) is 2.71. The number of nitrogens with zero attached hydrogens (tertiary/aromatic N) is 2. The van der Waals surface area contributed by atoms with Crippen molar-refractivity contribution in [1.29, 1.82) is 5.26 Å². The molecule has 0 atom stereocenters. The van der Waals surface area contributed by atoms with Gasteiger partial charge in [-0.2, -0.15) is 5.26 Å². The van der Waals surface area contributed by atoms with Gasteiger partial charge in [0, 0.05) is 18.7 Å². The molecule has 0 unspecified atom stereocenters. The smallest absolute Gasteiger partial charge is 0.139 e. The lowest BCUT2D eigenvalue weighted by atomic mass is 9.94. The maximum absolute atomic E-state index is 8.74. The highest BCUT2D eigenvalue weighted by molar-refractivity contribution is 6.17. The first-order valence-corrected chi connectivity index (χ1v) is 23.8. The SMILES string of the molecule is Cc1ccc(-c2ccc(C)cc2)cc1.Cc1ccc(-c2ccc(C)cc2CC/C(N)=N/O)cc1.Cc1ccc(-c2ccc(C)cc2CCC#N)cc1.Cc1ccc(-c2ccc(C)cc2CCl)cc1. The van der Waals surface area contributed by atoms with Gasteiger partial charge in [0.15, 0.2) is 0 Å². The molecule has 0 aromatic heterocycles. The molecule has 346 valence electrons. The minimum atomic E-state index is 0.265. The Kier molecular flexibility index (Phi) is 20.0. The second-order valence-corrected chi connectivity index (χ2v) is 18.0. The van der Waals surface area contributed by atoms with Crippen molar-refractivity contribution in [2.75, 3.05) is 0 Å². The van der Waals surface area contributed by atoms with E-state index < -0.39 is 0 Å². The molecule has 0 saturated carbocycles. The summed E-state index contributed by atoms with van der Waals surface area (Å²) in [5.41, 5.74) is 29.3. The van der Waals surface area contributed by atoms with Crippen LogP contribution in [0.5, 0.6) is 0 Å². The maximum atomic E-state index is 8.74. The Labute approximate surface area is 411 Å². The Hall–Kier alpha value is -7.19. The molecule has 3 N–H and O–H groups in total. The molecule has 0 fully saturated rings. The van der Waals surface area contributed by atoms with E-state index >= 15 is 0 Å². The quantitative estimate of drug-likeness (QED) is 0.0471. The number of halogens is 1. The van der Waals surface area contributed by atoms with Crippen molar-refractivity contribution in [1.82, 2.24) is 0 Å². The van der Waals surface area contributed by atoms with Crippen LogP contribution in [0.1, 0.15) is 74.0 Å². The molecule has 0 radical (unpaired) electrons. The lowest BCUT2D eigenvalue weighted by Gasteiger charge is -2.11. The summed E-state index contributed by atoms with van der Waals surface area (Å²) in [6.45, 7) is 16.8. The molecule has 0 aliphatic carbocycles. The predicted octanol–water partition coefficient (Wildman–Crippen LogP) is 16.8. The fourth-order valence-corrected chi connectivity index (χ4v) is 7.95. The molecule has 5 heteroatoms. The van der Waals surface area contributed by atoms with Gasteiger partial charge in [0.25, 0.3) is 0 Å². The monoisotopic (exact) mass is 915 g/mol. The minimum absolute atomic E-state index is 0.265. The molecule has 0 bridgehead atoms. The number of oxime groups is 1. The van der Waals surface area contributed by atoms with Crippen molar-refractivity contribution in [2.45, 2.75) is 87.0 Å². The Balaban J connectivity index is 0.000000171. The fraction of sp³-hybridized carbons (Fsp3) is 0.206. The summed E-state index contributed by atoms with van der Waals surface area (Å²) in [6, 6.07) is 64.4. The standard InChI is InChI=1S/C17H20N2O.C17H17N.C15H15Cl.C14H14/c1-12-3-6-14(7-4-12)16-9-5-13(2)11-15(16)8-10-17(18)19-20;1-13-5-8-15(9-6-13)17-10-7-14(2)12-16(17)4-3-11-18;1-11-3-6-13(7-4-11)15-8-5-12(2)9-14(15)10-16;1-11-3-7-13(8-4-11)14-9-5-12(2)6-10-14/h3-7,9,11,20H,8,10H2,1-2H3,(H2,18,19);5-10,12H,3-4H2,1-2H3;3-9H,10H2,1-2H3;3-10H,1-2H3. The number of benzene rings is 8. The Morgan fingerprint density at radius 3 is 1.01 bits per heavy atom. The van der Waals surface area contributed by atoms with Crippen LogP contribution in [0.3, 0.4) is 0 Å². The van der Waals surface area contributed by atoms with E-state index in [1.165, 1.54) is 106 Å². The van der Waals surface area contributed by atoms with Crippen LogP contribution in [0, 0.1) is 66.7 Å². The van der Waals surface area contributed by atoms with Crippen LogP contribution >= 0.6 is 11.6 Å². The van der Waals surface area contributed by atoms with Crippen LogP contribution in [-0.2, 0) is 18.7 Å². The van der Waals surface area contributed by atoms with E-state index in [0.717, 1.165) is 12.8 Å². The molecule has 0 spiro atoms. The van der Waals surface area contributed by atoms with Gasteiger partial charge in [0.05, 0.1) is 6.07 Å². The van der Waals surface area contributed by atoms with Gasteiger partial charge in [-0.3, -0.25) is 0 Å². The fourth-order valence-electron chi connectivity index (χ4n) is 7.73. The van der Waals surface area contributed by atoms with Crippen LogP contribution in [0.15, 0.2) is 181 Å². The number of hydrogen-bond donors (Lipinski definition) is 2. The van der Waals surface area contributed by atoms with Crippen LogP contribution in [0.2, 0.25) is 0 Å². The number of aryl methyl sites for hydroxylation is 10. The second kappa shape index (κ2) is 26.2. The van der Waals surface area contributed by atoms with Crippen molar-refractivity contribution >= 4 is 17.4 Å². The zero-order valence-electron chi connectivity index (χ0n) is 41.1. The average molecular weight is 917 g/mol. The molecule has 68 heavy (non-hydrogen) atoms. The van der Waals surface area contributed by atoms with E-state index in [-0.39, 0.29) is 5.84 Å². The first-order chi connectivity index (χ1) is 32.8. The first-order valence-electron chi connectivity index (χ1n) is 23.3. The maximum Gasteiger partial charge on any atom is 0.139 e. The summed E-state index contributed by atoms with van der Waals surface area (Å²) in [5, 5.41) is 20.4. The minimum Gasteiger partial charge on any atom is -0.409 e. The topological polar surface area (TPSA) is 82.4 Å². The third-order valence-corrected chi connectivity index (χ3v) is 12.0. The van der Waals surface area contributed by atoms with E-state index in [0.29, 0.717) is 18.7 Å². The summed E-state index contributed by atoms with van der Waals surface area (Å²) in [7, 11) is 0. The molecule has 0 saturated heterocycles. The molecule has 0 amide bonds. The largest absolute Gasteiger partial charge is 0.409 e. The van der Waals surface area contributed by atoms with Gasteiger partial charge in [-0.1, -0.05) is 226 Å². The Bertz CT molecular complexity index is 2850. The first kappa shape index (κ1) is 51.8. The van der Waals surface area contributed by atoms with Crippen LogP contribution in [-0.4, -0.2) is 11.0 Å². The summed E-state index contributed by atoms with van der Waals surface area (Å²) in [5.74, 6) is 0.826. The Morgan fingerprint density at radius 2 is 0.706 bits per heavy atom. The lowest BCUT2D eigenvalue weighted by Crippen LogP contribution is -2.12. The van der Waals surface area contributed by atoms with Gasteiger partial charge >= 0.3 is 0 Å². The molecular formula is C63H66ClN3O. The van der Waals surface area contributed by atoms with E-state index in [1.54, 1.807) is 0 Å². The number of hydrogen-bond acceptors (Lipinski definition) is 3. The zero-order chi connectivity index (χ0) is 49.0. The van der Waals surface area contributed by atoms with Gasteiger partial charge in [0.2, 0.25) is 0 Å². The third-order valence-electron chi connectivity index (χ3n) is 11.7. The normalized spacial score (nSPS) is 10.6. The second-order valence-electron chi connectivity index (χ2n) is 17.7. The van der Waals surface area contributed by atoms with E-state index in [2.05, 4.69) is 243 Å². The van der Waals surface area contributed by atoms with Crippen molar-refractivity contribution < 1.29 is 5.21 Å². The molecule has 0 heterocycles. The van der Waals surface area contributed by atoms with Crippen LogP contribution < -0.4 is 5.73 Å². The van der Waals surface area contributed by atoms with Crippen molar-refractivity contribution in [2.24, 2.45) is 10.9 Å². The highest BCUT2D eigenvalue weighted by Crippen LogP contribution is 2.29. The van der Waals surface area contributed by atoms with E-state index in [9.17, 15) is 0 Å². The molecule has 4 nitrogen and oxygen atoms in total. The molecule has 0 aliphatic rings. The number of alkyl halides is 1. The van der Waals surface area contributed by atoms with Gasteiger partial charge < -0.3 is 10.9 Å². The number of rotatable bonds is 10. The predicted molar refractivity (Wildman–Crippen MR) is 291 cm³/mol. The molecule has 8 aromatic rings. The van der Waals surface area contributed by atoms with Crippen LogP contribution in [0.4, 0.5) is 0 Å². The summed E-state index contributed by atoms with van der Waals surface area (Å²) < 4.78 is 0. The van der Waals surface area contributed by atoms with Crippen molar-refractivity contribution in [3.8, 4) is 50.6 Å². The van der Waals surface area contributed by atoms with Crippen LogP contribution in [0.25, 0.3) is 44.5 Å². The van der Waals surface area contributed by atoms with Crippen molar-refractivity contribution in [3.63, 3.8) is 0 Å². The van der Waals surface area contributed by atoms with E-state index in [1.807, 2.05) is 0 Å². The number of nitriles is 1. The summed E-state index contributed by atoms with van der Waals surface area (Å²) >= 11 is 5.99. The molecular weight excluding hydrogens is 850 g/mol. The number of amidine groups is 1. The molecule has 0 aliphatic heterocycles. The highest BCUT2D eigenvalue weighted by Gasteiger charge is 2.09. The van der Waals surface area contributed by atoms with Gasteiger partial charge in [-0.15, -0.1) is 11.6 Å². The molecule has 8 rings (SSSR count). The third kappa shape index (κ3) is 16.0. The van der Waals surface area contributed by atoms with E-state index in [4.69, 9.17) is 27.8 Å². The average Bonchev–Trinajstić information content (AvgIpc) is 3.35. The highest BCUT2D eigenvalue weighted by atomic mass is 35.5. The lowest BCUT2D eigenvalue weighted by molar-refractivity contribution is 0.317. The van der Waals surface area contributed by atoms with Gasteiger partial charge in [-0.05, 0) is 129 Å². The molecule has 8 aromatic carbocycles. The summed E-state index contributed by atoms with van der Waals surface area (Å²) in [4.78, 5) is 0. The Morgan fingerprint density at radius 1 is 0.426 bits per heavy atom. The van der Waals surface area contributed by atoms with Gasteiger partial charge in [0.1, 0.15) is 5.84 Å². The van der Waals surface area contributed by atoms with Crippen molar-refractivity contribution in [3.05, 3.63) is 237 Å².